The molecule has 0 bridgehead atoms. The Hall–Kier alpha value is -0.0400. The monoisotopic (exact) mass is 180 g/mol. The van der Waals surface area contributed by atoms with E-state index in [1.54, 1.807) is 0 Å². The average Bonchev–Trinajstić information content (AvgIpc) is 2.47. The van der Waals surface area contributed by atoms with E-state index < -0.39 is 0 Å². The summed E-state index contributed by atoms with van der Waals surface area (Å²) >= 11 is 0. The molecule has 0 aliphatic heterocycles. The maximum absolute atomic E-state index is 10.5. The SMILES string of the molecule is OC12CCCC3CCCC(CC1)C32. The van der Waals surface area contributed by atoms with Crippen LogP contribution in [0.15, 0.2) is 0 Å². The molecule has 3 rings (SSSR count). The van der Waals surface area contributed by atoms with Crippen LogP contribution in [0.3, 0.4) is 0 Å². The van der Waals surface area contributed by atoms with Gasteiger partial charge in [-0.25, -0.2) is 0 Å². The van der Waals surface area contributed by atoms with Crippen molar-refractivity contribution in [3.05, 3.63) is 0 Å². The molecule has 0 amide bonds. The van der Waals surface area contributed by atoms with E-state index in [0.717, 1.165) is 24.7 Å². The van der Waals surface area contributed by atoms with E-state index >= 15 is 0 Å². The summed E-state index contributed by atoms with van der Waals surface area (Å²) in [4.78, 5) is 0. The average molecular weight is 180 g/mol. The molecular weight excluding hydrogens is 160 g/mol. The first kappa shape index (κ1) is 8.28. The second-order valence-electron chi connectivity index (χ2n) is 5.51. The molecule has 0 aromatic heterocycles. The van der Waals surface area contributed by atoms with Crippen LogP contribution in [0.4, 0.5) is 0 Å². The van der Waals surface area contributed by atoms with Gasteiger partial charge >= 0.3 is 0 Å². The minimum absolute atomic E-state index is 0.214. The zero-order valence-corrected chi connectivity index (χ0v) is 8.34. The van der Waals surface area contributed by atoms with Gasteiger partial charge < -0.3 is 5.11 Å². The molecule has 0 aromatic carbocycles. The molecule has 3 aliphatic rings. The van der Waals surface area contributed by atoms with E-state index in [0.29, 0.717) is 5.92 Å². The van der Waals surface area contributed by atoms with E-state index in [9.17, 15) is 5.11 Å². The van der Waals surface area contributed by atoms with Gasteiger partial charge in [-0.15, -0.1) is 0 Å². The number of rotatable bonds is 0. The van der Waals surface area contributed by atoms with Gasteiger partial charge in [-0.2, -0.15) is 0 Å². The molecule has 0 aromatic rings. The second-order valence-corrected chi connectivity index (χ2v) is 5.51. The van der Waals surface area contributed by atoms with Crippen molar-refractivity contribution in [1.29, 1.82) is 0 Å². The van der Waals surface area contributed by atoms with Gasteiger partial charge in [0.1, 0.15) is 0 Å². The maximum atomic E-state index is 10.5. The fourth-order valence-corrected chi connectivity index (χ4v) is 4.48. The predicted octanol–water partition coefficient (Wildman–Crippen LogP) is 2.73. The van der Waals surface area contributed by atoms with Crippen LogP contribution in [0.5, 0.6) is 0 Å². The maximum Gasteiger partial charge on any atom is 0.0681 e. The minimum Gasteiger partial charge on any atom is -0.390 e. The zero-order chi connectivity index (χ0) is 8.89. The van der Waals surface area contributed by atoms with Gasteiger partial charge in [-0.1, -0.05) is 25.7 Å². The van der Waals surface area contributed by atoms with E-state index in [1.165, 1.54) is 38.5 Å². The van der Waals surface area contributed by atoms with E-state index in [2.05, 4.69) is 0 Å². The van der Waals surface area contributed by atoms with Crippen LogP contribution in [-0.4, -0.2) is 10.7 Å². The van der Waals surface area contributed by atoms with Crippen molar-refractivity contribution in [1.82, 2.24) is 0 Å². The van der Waals surface area contributed by atoms with Gasteiger partial charge in [0.05, 0.1) is 5.60 Å². The standard InChI is InChI=1S/C12H20O/c13-12-7-2-5-9-3-1-4-10(6-8-12)11(9)12/h9-11,13H,1-8H2. The Balaban J connectivity index is 1.91. The molecular formula is C12H20O. The van der Waals surface area contributed by atoms with Crippen molar-refractivity contribution in [2.45, 2.75) is 57.0 Å². The molecule has 0 spiro atoms. The number of aliphatic hydroxyl groups is 1. The topological polar surface area (TPSA) is 20.2 Å². The molecule has 0 radical (unpaired) electrons. The lowest BCUT2D eigenvalue weighted by molar-refractivity contribution is -0.0766. The molecule has 13 heavy (non-hydrogen) atoms. The minimum atomic E-state index is -0.214. The number of hydrogen-bond acceptors (Lipinski definition) is 1. The van der Waals surface area contributed by atoms with E-state index in [4.69, 9.17) is 0 Å². The molecule has 1 heteroatoms. The summed E-state index contributed by atoms with van der Waals surface area (Å²) < 4.78 is 0. The molecule has 0 heterocycles. The van der Waals surface area contributed by atoms with Crippen molar-refractivity contribution >= 4 is 0 Å². The van der Waals surface area contributed by atoms with Crippen LogP contribution < -0.4 is 0 Å². The quantitative estimate of drug-likeness (QED) is 0.607. The van der Waals surface area contributed by atoms with Crippen LogP contribution in [0, 0.1) is 17.8 Å². The molecule has 3 saturated carbocycles. The fraction of sp³-hybridized carbons (Fsp3) is 1.00. The van der Waals surface area contributed by atoms with Crippen LogP contribution in [0.2, 0.25) is 0 Å². The van der Waals surface area contributed by atoms with Gasteiger partial charge in [0.15, 0.2) is 0 Å². The summed E-state index contributed by atoms with van der Waals surface area (Å²) in [6.07, 6.45) is 10.5. The van der Waals surface area contributed by atoms with Gasteiger partial charge in [0.25, 0.3) is 0 Å². The smallest absolute Gasteiger partial charge is 0.0681 e. The first-order valence-electron chi connectivity index (χ1n) is 6.02. The van der Waals surface area contributed by atoms with Crippen molar-refractivity contribution in [2.75, 3.05) is 0 Å². The fourth-order valence-electron chi connectivity index (χ4n) is 4.48. The van der Waals surface area contributed by atoms with Crippen molar-refractivity contribution in [3.63, 3.8) is 0 Å². The molecule has 1 nitrogen and oxygen atoms in total. The van der Waals surface area contributed by atoms with Crippen molar-refractivity contribution < 1.29 is 5.11 Å². The van der Waals surface area contributed by atoms with Gasteiger partial charge in [-0.05, 0) is 43.4 Å². The summed E-state index contributed by atoms with van der Waals surface area (Å²) in [5.41, 5.74) is -0.214. The summed E-state index contributed by atoms with van der Waals surface area (Å²) in [6.45, 7) is 0. The Morgan fingerprint density at radius 2 is 1.54 bits per heavy atom. The third kappa shape index (κ3) is 1.09. The third-order valence-electron chi connectivity index (χ3n) is 4.92. The molecule has 1 N–H and O–H groups in total. The Labute approximate surface area is 80.5 Å². The van der Waals surface area contributed by atoms with Crippen molar-refractivity contribution in [2.24, 2.45) is 17.8 Å². The highest BCUT2D eigenvalue weighted by atomic mass is 16.3. The zero-order valence-electron chi connectivity index (χ0n) is 8.34. The van der Waals surface area contributed by atoms with Crippen molar-refractivity contribution in [3.8, 4) is 0 Å². The summed E-state index contributed by atoms with van der Waals surface area (Å²) in [5.74, 6) is 2.49. The molecule has 0 saturated heterocycles. The largest absolute Gasteiger partial charge is 0.390 e. The normalized spacial score (nSPS) is 54.7. The Morgan fingerprint density at radius 1 is 0.846 bits per heavy atom. The molecule has 3 fully saturated rings. The van der Waals surface area contributed by atoms with Gasteiger partial charge in [0.2, 0.25) is 0 Å². The highest BCUT2D eigenvalue weighted by Gasteiger charge is 2.53. The first-order valence-corrected chi connectivity index (χ1v) is 6.02. The molecule has 74 valence electrons. The third-order valence-corrected chi connectivity index (χ3v) is 4.92. The summed E-state index contributed by atoms with van der Waals surface area (Å²) in [6, 6.07) is 0. The van der Waals surface area contributed by atoms with E-state index in [-0.39, 0.29) is 5.60 Å². The Morgan fingerprint density at radius 3 is 2.38 bits per heavy atom. The van der Waals surface area contributed by atoms with Gasteiger partial charge in [-0.3, -0.25) is 0 Å². The predicted molar refractivity (Wildman–Crippen MR) is 52.4 cm³/mol. The Bertz CT molecular complexity index is 211. The highest BCUT2D eigenvalue weighted by Crippen LogP contribution is 2.56. The van der Waals surface area contributed by atoms with Crippen LogP contribution >= 0.6 is 0 Å². The van der Waals surface area contributed by atoms with Crippen LogP contribution in [0.1, 0.15) is 51.4 Å². The van der Waals surface area contributed by atoms with E-state index in [1.807, 2.05) is 0 Å². The molecule has 4 unspecified atom stereocenters. The van der Waals surface area contributed by atoms with Crippen LogP contribution in [-0.2, 0) is 0 Å². The van der Waals surface area contributed by atoms with Gasteiger partial charge in [0, 0.05) is 0 Å². The Kier molecular flexibility index (Phi) is 1.74. The highest BCUT2D eigenvalue weighted by molar-refractivity contribution is 5.04. The molecule has 4 atom stereocenters. The van der Waals surface area contributed by atoms with Crippen LogP contribution in [0.25, 0.3) is 0 Å². The summed E-state index contributed by atoms with van der Waals surface area (Å²) in [7, 11) is 0. The lowest BCUT2D eigenvalue weighted by atomic mass is 9.63. The molecule has 3 aliphatic carbocycles. The lowest BCUT2D eigenvalue weighted by Crippen LogP contribution is -2.44. The first-order chi connectivity index (χ1) is 6.30. The lowest BCUT2D eigenvalue weighted by Gasteiger charge is -2.45. The summed E-state index contributed by atoms with van der Waals surface area (Å²) in [5, 5.41) is 10.5. The number of hydrogen-bond donors (Lipinski definition) is 1. The second kappa shape index (κ2) is 2.73.